The fraction of sp³-hybridized carbons (Fsp3) is 0.741. The van der Waals surface area contributed by atoms with Gasteiger partial charge in [-0.2, -0.15) is 44.4 Å². The Balaban J connectivity index is 0.00000162. The number of piperidine rings is 2. The van der Waals surface area contributed by atoms with Crippen LogP contribution in [0.25, 0.3) is 0 Å². The average Bonchev–Trinajstić information content (AvgIpc) is 3.27. The molecule has 0 aliphatic carbocycles. The molecular weight excluding hydrogens is 599 g/mol. The van der Waals surface area contributed by atoms with Crippen molar-refractivity contribution in [1.82, 2.24) is 14.7 Å². The molecule has 1 aromatic carbocycles. The zero-order valence-electron chi connectivity index (χ0n) is 23.3. The molecule has 43 heavy (non-hydrogen) atoms. The smallest absolute Gasteiger partial charge is 0.416 e. The van der Waals surface area contributed by atoms with Gasteiger partial charge in [-0.05, 0) is 87.3 Å². The summed E-state index contributed by atoms with van der Waals surface area (Å²) in [6.07, 6.45) is -12.4. The van der Waals surface area contributed by atoms with Gasteiger partial charge in [-0.3, -0.25) is 19.5 Å². The van der Waals surface area contributed by atoms with Crippen LogP contribution >= 0.6 is 0 Å². The van der Waals surface area contributed by atoms with E-state index in [4.69, 9.17) is 9.90 Å². The highest BCUT2D eigenvalue weighted by molar-refractivity contribution is 5.34. The van der Waals surface area contributed by atoms with Crippen LogP contribution in [0.15, 0.2) is 23.4 Å². The molecular formula is C27H35F9N4O3. The first-order chi connectivity index (χ1) is 20.0. The van der Waals surface area contributed by atoms with Gasteiger partial charge in [-0.15, -0.1) is 0 Å². The molecule has 0 amide bonds. The first-order valence-electron chi connectivity index (χ1n) is 13.9. The number of benzene rings is 1. The molecule has 3 saturated heterocycles. The zero-order valence-corrected chi connectivity index (χ0v) is 23.3. The third-order valence-corrected chi connectivity index (χ3v) is 8.78. The van der Waals surface area contributed by atoms with E-state index in [0.29, 0.717) is 61.3 Å². The Kier molecular flexibility index (Phi) is 11.5. The lowest BCUT2D eigenvalue weighted by Crippen LogP contribution is -2.60. The Hall–Kier alpha value is -2.46. The van der Waals surface area contributed by atoms with E-state index >= 15 is 0 Å². The Morgan fingerprint density at radius 2 is 1.47 bits per heavy atom. The maximum absolute atomic E-state index is 13.5. The highest BCUT2D eigenvalue weighted by atomic mass is 19.4. The summed E-state index contributed by atoms with van der Waals surface area (Å²) in [5.74, 6) is 0.152. The van der Waals surface area contributed by atoms with Gasteiger partial charge in [0.15, 0.2) is 0 Å². The van der Waals surface area contributed by atoms with Gasteiger partial charge in [0, 0.05) is 31.7 Å². The first kappa shape index (κ1) is 35.0. The normalized spacial score (nSPS) is 21.2. The number of likely N-dealkylation sites (tertiary alicyclic amines) is 3. The molecule has 16 heteroatoms. The van der Waals surface area contributed by atoms with Gasteiger partial charge < -0.3 is 5.11 Å². The van der Waals surface area contributed by atoms with E-state index in [2.05, 4.69) is 5.18 Å². The lowest BCUT2D eigenvalue weighted by Gasteiger charge is -2.47. The number of carboxylic acid groups (broad SMARTS) is 1. The molecule has 4 rings (SSSR count). The van der Waals surface area contributed by atoms with Crippen LogP contribution in [0.3, 0.4) is 0 Å². The average molecular weight is 635 g/mol. The summed E-state index contributed by atoms with van der Waals surface area (Å²) in [6.45, 7) is 1.54. The van der Waals surface area contributed by atoms with Crippen LogP contribution in [0, 0.1) is 10.8 Å². The summed E-state index contributed by atoms with van der Waals surface area (Å²) in [4.78, 5) is 23.5. The number of nitrogens with zero attached hydrogens (tertiary/aromatic N) is 4. The number of alkyl halides is 9. The third kappa shape index (κ3) is 9.03. The van der Waals surface area contributed by atoms with Crippen molar-refractivity contribution in [2.24, 2.45) is 11.1 Å². The Bertz CT molecular complexity index is 1050. The van der Waals surface area contributed by atoms with Crippen LogP contribution in [0.2, 0.25) is 0 Å². The minimum Gasteiger partial charge on any atom is -0.483 e. The fourth-order valence-corrected chi connectivity index (χ4v) is 6.59. The van der Waals surface area contributed by atoms with Crippen molar-refractivity contribution in [3.05, 3.63) is 39.8 Å². The van der Waals surface area contributed by atoms with Crippen molar-refractivity contribution in [2.45, 2.75) is 81.7 Å². The molecule has 1 spiro atoms. The molecule has 3 fully saturated rings. The molecule has 0 bridgehead atoms. The Morgan fingerprint density at radius 1 is 0.884 bits per heavy atom. The molecule has 3 heterocycles. The largest absolute Gasteiger partial charge is 0.483 e. The standard InChI is InChI=1S/C26H33F9N4O.CH2O2/c27-24(28,29)21-3-2-19(20(14-21)16-37-10-4-18(5-11-37)15-36-40)17-39-9-1-6-23(39)7-12-38(13-8-23)22(25(30,31)32)26(33,34)35;2-1-3/h2-3,14,18,22H,1,4-13,15-17H2;1H,(H,2,3). The van der Waals surface area contributed by atoms with Crippen molar-refractivity contribution >= 4 is 6.47 Å². The molecule has 3 aliphatic heterocycles. The monoisotopic (exact) mass is 634 g/mol. The van der Waals surface area contributed by atoms with Gasteiger partial charge in [0.25, 0.3) is 6.47 Å². The molecule has 0 atom stereocenters. The van der Waals surface area contributed by atoms with Crippen molar-refractivity contribution in [3.63, 3.8) is 0 Å². The molecule has 0 saturated carbocycles. The summed E-state index contributed by atoms with van der Waals surface area (Å²) in [7, 11) is 0. The van der Waals surface area contributed by atoms with E-state index in [9.17, 15) is 44.4 Å². The summed E-state index contributed by atoms with van der Waals surface area (Å²) >= 11 is 0. The summed E-state index contributed by atoms with van der Waals surface area (Å²) in [5.41, 5.74) is -0.216. The lowest BCUT2D eigenvalue weighted by atomic mass is 9.84. The summed E-state index contributed by atoms with van der Waals surface area (Å²) in [6, 6.07) is 0.0757. The van der Waals surface area contributed by atoms with Gasteiger partial charge in [-0.1, -0.05) is 11.2 Å². The van der Waals surface area contributed by atoms with Gasteiger partial charge in [0.1, 0.15) is 0 Å². The maximum atomic E-state index is 13.5. The predicted molar refractivity (Wildman–Crippen MR) is 138 cm³/mol. The molecule has 1 N–H and O–H groups in total. The molecule has 0 radical (unpaired) electrons. The third-order valence-electron chi connectivity index (χ3n) is 8.78. The number of hydrogen-bond acceptors (Lipinski definition) is 6. The van der Waals surface area contributed by atoms with Crippen molar-refractivity contribution in [1.29, 1.82) is 0 Å². The number of nitroso groups, excluding NO2 is 1. The number of hydrogen-bond donors (Lipinski definition) is 1. The van der Waals surface area contributed by atoms with Gasteiger partial charge in [0.2, 0.25) is 6.04 Å². The highest BCUT2D eigenvalue weighted by Gasteiger charge is 2.60. The van der Waals surface area contributed by atoms with Crippen LogP contribution in [0.4, 0.5) is 39.5 Å². The molecule has 1 aromatic rings. The summed E-state index contributed by atoms with van der Waals surface area (Å²) in [5, 5.41) is 9.83. The van der Waals surface area contributed by atoms with Gasteiger partial charge in [0.05, 0.1) is 12.1 Å². The van der Waals surface area contributed by atoms with E-state index in [1.54, 1.807) is 0 Å². The van der Waals surface area contributed by atoms with Gasteiger partial charge >= 0.3 is 18.5 Å². The zero-order chi connectivity index (χ0) is 32.1. The minimum atomic E-state index is -5.44. The predicted octanol–water partition coefficient (Wildman–Crippen LogP) is 6.31. The lowest BCUT2D eigenvalue weighted by molar-refractivity contribution is -0.290. The molecule has 244 valence electrons. The van der Waals surface area contributed by atoms with E-state index in [0.717, 1.165) is 12.1 Å². The molecule has 7 nitrogen and oxygen atoms in total. The molecule has 0 unspecified atom stereocenters. The SMILES string of the molecule is O=CO.O=NCC1CCN(Cc2cc(C(F)(F)F)ccc2CN2CCCC23CCN(C(C(F)(F)F)C(F)(F)F)CC3)CC1. The van der Waals surface area contributed by atoms with E-state index in [1.165, 1.54) is 6.07 Å². The van der Waals surface area contributed by atoms with Crippen LogP contribution in [0.1, 0.15) is 55.2 Å². The van der Waals surface area contributed by atoms with E-state index in [-0.39, 0.29) is 58.0 Å². The number of rotatable bonds is 7. The Labute approximate surface area is 243 Å². The Morgan fingerprint density at radius 3 is 1.98 bits per heavy atom. The van der Waals surface area contributed by atoms with Crippen LogP contribution in [-0.4, -0.2) is 89.5 Å². The van der Waals surface area contributed by atoms with E-state index in [1.807, 2.05) is 9.80 Å². The van der Waals surface area contributed by atoms with Crippen molar-refractivity contribution < 1.29 is 49.4 Å². The minimum absolute atomic E-state index is 0.115. The van der Waals surface area contributed by atoms with Gasteiger partial charge in [-0.25, -0.2) is 0 Å². The van der Waals surface area contributed by atoms with Crippen LogP contribution < -0.4 is 0 Å². The topological polar surface area (TPSA) is 76.4 Å². The van der Waals surface area contributed by atoms with Crippen molar-refractivity contribution in [2.75, 3.05) is 39.3 Å². The maximum Gasteiger partial charge on any atom is 0.416 e. The second-order valence-electron chi connectivity index (χ2n) is 11.4. The molecule has 3 aliphatic rings. The van der Waals surface area contributed by atoms with Crippen LogP contribution in [-0.2, 0) is 24.1 Å². The first-order valence-corrected chi connectivity index (χ1v) is 13.9. The second kappa shape index (κ2) is 14.1. The number of halogens is 9. The van der Waals surface area contributed by atoms with E-state index < -0.39 is 35.7 Å². The quantitative estimate of drug-likeness (QED) is 0.215. The summed E-state index contributed by atoms with van der Waals surface area (Å²) < 4.78 is 120. The molecule has 0 aromatic heterocycles. The highest BCUT2D eigenvalue weighted by Crippen LogP contribution is 2.44. The fourth-order valence-electron chi connectivity index (χ4n) is 6.59. The van der Waals surface area contributed by atoms with Crippen LogP contribution in [0.5, 0.6) is 0 Å². The number of carbonyl (C=O) groups is 1. The van der Waals surface area contributed by atoms with Crippen molar-refractivity contribution in [3.8, 4) is 0 Å². The second-order valence-corrected chi connectivity index (χ2v) is 11.4.